The molecule has 5 nitrogen and oxygen atoms in total. The zero-order valence-corrected chi connectivity index (χ0v) is 12.9. The van der Waals surface area contributed by atoms with E-state index in [1.54, 1.807) is 19.2 Å². The van der Waals surface area contributed by atoms with E-state index in [9.17, 15) is 4.79 Å². The van der Waals surface area contributed by atoms with Crippen molar-refractivity contribution in [2.75, 3.05) is 13.7 Å². The van der Waals surface area contributed by atoms with E-state index in [2.05, 4.69) is 16.6 Å². The summed E-state index contributed by atoms with van der Waals surface area (Å²) in [5, 5.41) is 4.23. The Kier molecular flexibility index (Phi) is 4.57. The number of hydrogen-bond donors (Lipinski definition) is 1. The molecule has 1 aliphatic rings. The summed E-state index contributed by atoms with van der Waals surface area (Å²) < 4.78 is 10.6. The van der Waals surface area contributed by atoms with Crippen LogP contribution in [0.25, 0.3) is 0 Å². The Morgan fingerprint density at radius 2 is 1.83 bits per heavy atom. The van der Waals surface area contributed by atoms with Gasteiger partial charge in [-0.15, -0.1) is 0 Å². The van der Waals surface area contributed by atoms with E-state index in [1.807, 2.05) is 30.3 Å². The lowest BCUT2D eigenvalue weighted by atomic mass is 10.1. The molecular weight excluding hydrogens is 292 g/mol. The van der Waals surface area contributed by atoms with Crippen molar-refractivity contribution >= 4 is 11.6 Å². The van der Waals surface area contributed by atoms with Crippen molar-refractivity contribution in [1.29, 1.82) is 0 Å². The van der Waals surface area contributed by atoms with Gasteiger partial charge in [0.05, 0.1) is 12.8 Å². The molecule has 1 amide bonds. The number of rotatable bonds is 5. The number of carbonyl (C=O) groups is 1. The molecule has 0 saturated heterocycles. The number of amides is 1. The van der Waals surface area contributed by atoms with Crippen LogP contribution in [0, 0.1) is 0 Å². The van der Waals surface area contributed by atoms with Crippen LogP contribution in [0.15, 0.2) is 53.6 Å². The van der Waals surface area contributed by atoms with Crippen molar-refractivity contribution < 1.29 is 14.3 Å². The average Bonchev–Trinajstić information content (AvgIpc) is 3.01. The largest absolute Gasteiger partial charge is 0.493 e. The van der Waals surface area contributed by atoms with Crippen LogP contribution >= 0.6 is 0 Å². The van der Waals surface area contributed by atoms with E-state index in [0.29, 0.717) is 11.5 Å². The minimum absolute atomic E-state index is 0.112. The number of benzene rings is 2. The van der Waals surface area contributed by atoms with Crippen molar-refractivity contribution in [3.05, 3.63) is 59.7 Å². The number of nitrogens with one attached hydrogen (secondary N) is 1. The lowest BCUT2D eigenvalue weighted by Gasteiger charge is -2.09. The lowest BCUT2D eigenvalue weighted by Crippen LogP contribution is -2.25. The van der Waals surface area contributed by atoms with Gasteiger partial charge in [0.1, 0.15) is 0 Å². The first kappa shape index (κ1) is 15.1. The topological polar surface area (TPSA) is 59.9 Å². The van der Waals surface area contributed by atoms with Gasteiger partial charge in [0.25, 0.3) is 5.91 Å². The van der Waals surface area contributed by atoms with Crippen LogP contribution in [0.2, 0.25) is 0 Å². The fourth-order valence-electron chi connectivity index (χ4n) is 2.57. The number of hydrazone groups is 1. The van der Waals surface area contributed by atoms with Crippen LogP contribution in [0.3, 0.4) is 0 Å². The first-order valence-electron chi connectivity index (χ1n) is 7.47. The SMILES string of the molecule is COc1ccccc1OCC(=O)N/N=C1/CCc2ccccc21. The fraction of sp³-hybridized carbons (Fsp3) is 0.222. The van der Waals surface area contributed by atoms with Crippen LogP contribution < -0.4 is 14.9 Å². The molecule has 0 saturated carbocycles. The average molecular weight is 310 g/mol. The third-order valence-corrected chi connectivity index (χ3v) is 3.70. The van der Waals surface area contributed by atoms with Gasteiger partial charge in [0, 0.05) is 5.56 Å². The molecule has 2 aromatic rings. The molecule has 5 heteroatoms. The minimum Gasteiger partial charge on any atom is -0.493 e. The molecule has 0 bridgehead atoms. The second-order valence-corrected chi connectivity index (χ2v) is 5.19. The Morgan fingerprint density at radius 1 is 1.09 bits per heavy atom. The molecule has 0 aliphatic heterocycles. The molecular formula is C18H18N2O3. The summed E-state index contributed by atoms with van der Waals surface area (Å²) in [6, 6.07) is 15.3. The quantitative estimate of drug-likeness (QED) is 0.863. The highest BCUT2D eigenvalue weighted by molar-refractivity contribution is 6.04. The van der Waals surface area contributed by atoms with Crippen LogP contribution in [0.5, 0.6) is 11.5 Å². The Hall–Kier alpha value is -2.82. The maximum Gasteiger partial charge on any atom is 0.277 e. The third kappa shape index (κ3) is 3.51. The number of methoxy groups -OCH3 is 1. The molecule has 0 aromatic heterocycles. The zero-order chi connectivity index (χ0) is 16.1. The minimum atomic E-state index is -0.298. The molecule has 0 spiro atoms. The van der Waals surface area contributed by atoms with Gasteiger partial charge in [-0.3, -0.25) is 4.79 Å². The summed E-state index contributed by atoms with van der Waals surface area (Å²) in [5.74, 6) is 0.827. The van der Waals surface area contributed by atoms with Crippen molar-refractivity contribution in [2.24, 2.45) is 5.10 Å². The second-order valence-electron chi connectivity index (χ2n) is 5.19. The first-order valence-corrected chi connectivity index (χ1v) is 7.47. The maximum absolute atomic E-state index is 11.9. The predicted octanol–water partition coefficient (Wildman–Crippen LogP) is 2.54. The number of nitrogens with zero attached hydrogens (tertiary/aromatic N) is 1. The number of ether oxygens (including phenoxy) is 2. The molecule has 1 N–H and O–H groups in total. The highest BCUT2D eigenvalue weighted by Crippen LogP contribution is 2.25. The molecule has 3 rings (SSSR count). The van der Waals surface area contributed by atoms with Gasteiger partial charge < -0.3 is 9.47 Å². The fourth-order valence-corrected chi connectivity index (χ4v) is 2.57. The van der Waals surface area contributed by atoms with Gasteiger partial charge in [0.2, 0.25) is 0 Å². The highest BCUT2D eigenvalue weighted by atomic mass is 16.5. The number of para-hydroxylation sites is 2. The third-order valence-electron chi connectivity index (χ3n) is 3.70. The number of aryl methyl sites for hydroxylation is 1. The molecule has 0 fully saturated rings. The van der Waals surface area contributed by atoms with Crippen LogP contribution in [0.4, 0.5) is 0 Å². The lowest BCUT2D eigenvalue weighted by molar-refractivity contribution is -0.123. The van der Waals surface area contributed by atoms with Crippen LogP contribution in [-0.4, -0.2) is 25.3 Å². The second kappa shape index (κ2) is 6.96. The Bertz CT molecular complexity index is 741. The van der Waals surface area contributed by atoms with Crippen LogP contribution in [-0.2, 0) is 11.2 Å². The van der Waals surface area contributed by atoms with Gasteiger partial charge >= 0.3 is 0 Å². The molecule has 0 heterocycles. The first-order chi connectivity index (χ1) is 11.3. The Labute approximate surface area is 134 Å². The standard InChI is InChI=1S/C18H18N2O3/c1-22-16-8-4-5-9-17(16)23-12-18(21)20-19-15-11-10-13-6-2-3-7-14(13)15/h2-9H,10-12H2,1H3,(H,20,21)/b19-15-. The molecule has 0 radical (unpaired) electrons. The van der Waals surface area contributed by atoms with E-state index in [0.717, 1.165) is 24.1 Å². The van der Waals surface area contributed by atoms with E-state index in [-0.39, 0.29) is 12.5 Å². The van der Waals surface area contributed by atoms with Crippen LogP contribution in [0.1, 0.15) is 17.5 Å². The number of carbonyl (C=O) groups excluding carboxylic acids is 1. The van der Waals surface area contributed by atoms with Crippen molar-refractivity contribution in [3.63, 3.8) is 0 Å². The Morgan fingerprint density at radius 3 is 2.65 bits per heavy atom. The summed E-state index contributed by atoms with van der Waals surface area (Å²) in [4.78, 5) is 11.9. The summed E-state index contributed by atoms with van der Waals surface area (Å²) in [6.07, 6.45) is 1.80. The predicted molar refractivity (Wildman–Crippen MR) is 87.9 cm³/mol. The smallest absolute Gasteiger partial charge is 0.277 e. The monoisotopic (exact) mass is 310 g/mol. The summed E-state index contributed by atoms with van der Waals surface area (Å²) in [6.45, 7) is -0.112. The zero-order valence-electron chi connectivity index (χ0n) is 12.9. The van der Waals surface area contributed by atoms with Crippen molar-refractivity contribution in [3.8, 4) is 11.5 Å². The van der Waals surface area contributed by atoms with Gasteiger partial charge in [-0.2, -0.15) is 5.10 Å². The van der Waals surface area contributed by atoms with Crippen molar-refractivity contribution in [1.82, 2.24) is 5.43 Å². The van der Waals surface area contributed by atoms with Gasteiger partial charge in [0.15, 0.2) is 18.1 Å². The summed E-state index contributed by atoms with van der Waals surface area (Å²) in [5.41, 5.74) is 5.84. The molecule has 0 atom stereocenters. The van der Waals surface area contributed by atoms with E-state index < -0.39 is 0 Å². The van der Waals surface area contributed by atoms with Gasteiger partial charge in [-0.25, -0.2) is 5.43 Å². The van der Waals surface area contributed by atoms with E-state index in [4.69, 9.17) is 9.47 Å². The van der Waals surface area contributed by atoms with E-state index in [1.165, 1.54) is 5.56 Å². The highest BCUT2D eigenvalue weighted by Gasteiger charge is 2.17. The van der Waals surface area contributed by atoms with Crippen molar-refractivity contribution in [2.45, 2.75) is 12.8 Å². The molecule has 23 heavy (non-hydrogen) atoms. The Balaban J connectivity index is 1.57. The van der Waals surface area contributed by atoms with Gasteiger partial charge in [-0.1, -0.05) is 36.4 Å². The molecule has 0 unspecified atom stereocenters. The molecule has 118 valence electrons. The normalized spacial score (nSPS) is 14.4. The van der Waals surface area contributed by atoms with Gasteiger partial charge in [-0.05, 0) is 30.5 Å². The number of fused-ring (bicyclic) bond motifs is 1. The number of hydrogen-bond acceptors (Lipinski definition) is 4. The van der Waals surface area contributed by atoms with E-state index >= 15 is 0 Å². The summed E-state index contributed by atoms with van der Waals surface area (Å²) >= 11 is 0. The molecule has 2 aromatic carbocycles. The molecule has 1 aliphatic carbocycles. The summed E-state index contributed by atoms with van der Waals surface area (Å²) in [7, 11) is 1.56. The maximum atomic E-state index is 11.9.